The number of aliphatic carboxylic acids is 1. The third kappa shape index (κ3) is 5.34. The number of carbonyl (C=O) groups is 3. The zero-order chi connectivity index (χ0) is 14.4. The summed E-state index contributed by atoms with van der Waals surface area (Å²) in [5.41, 5.74) is 10.8. The molecule has 8 nitrogen and oxygen atoms in total. The summed E-state index contributed by atoms with van der Waals surface area (Å²) in [6.07, 6.45) is -0.218. The number of thiazole rings is 1. The summed E-state index contributed by atoms with van der Waals surface area (Å²) in [7, 11) is 0. The van der Waals surface area contributed by atoms with E-state index in [1.807, 2.05) is 0 Å². The van der Waals surface area contributed by atoms with E-state index in [9.17, 15) is 14.4 Å². The molecule has 0 radical (unpaired) electrons. The van der Waals surface area contributed by atoms with Crippen molar-refractivity contribution in [3.63, 3.8) is 0 Å². The van der Waals surface area contributed by atoms with E-state index in [0.29, 0.717) is 10.8 Å². The quantitative estimate of drug-likeness (QED) is 0.510. The number of carboxylic acids is 1. The van der Waals surface area contributed by atoms with E-state index >= 15 is 0 Å². The number of nitrogens with zero attached hydrogens (tertiary/aromatic N) is 1. The third-order valence-corrected chi connectivity index (χ3v) is 2.95. The molecular weight excluding hydrogens is 272 g/mol. The predicted molar refractivity (Wildman–Crippen MR) is 68.2 cm³/mol. The molecule has 0 fully saturated rings. The van der Waals surface area contributed by atoms with Crippen LogP contribution in [0.25, 0.3) is 0 Å². The fraction of sp³-hybridized carbons (Fsp3) is 0.400. The van der Waals surface area contributed by atoms with Gasteiger partial charge in [0.1, 0.15) is 6.04 Å². The van der Waals surface area contributed by atoms with Crippen LogP contribution in [0.5, 0.6) is 0 Å². The van der Waals surface area contributed by atoms with Gasteiger partial charge in [-0.05, 0) is 6.42 Å². The number of hydrogen-bond donors (Lipinski definition) is 4. The summed E-state index contributed by atoms with van der Waals surface area (Å²) in [4.78, 5) is 37.0. The lowest BCUT2D eigenvalue weighted by Gasteiger charge is -2.13. The van der Waals surface area contributed by atoms with Crippen LogP contribution in [0.3, 0.4) is 0 Å². The van der Waals surface area contributed by atoms with Crippen molar-refractivity contribution >= 4 is 34.3 Å². The van der Waals surface area contributed by atoms with Gasteiger partial charge in [-0.2, -0.15) is 0 Å². The number of primary amides is 1. The van der Waals surface area contributed by atoms with E-state index in [4.69, 9.17) is 16.6 Å². The van der Waals surface area contributed by atoms with Crippen LogP contribution in [0.2, 0.25) is 0 Å². The maximum atomic E-state index is 11.6. The number of rotatable bonds is 7. The monoisotopic (exact) mass is 286 g/mol. The molecule has 0 bridgehead atoms. The van der Waals surface area contributed by atoms with Crippen LogP contribution in [0.15, 0.2) is 5.38 Å². The van der Waals surface area contributed by atoms with Crippen LogP contribution in [0.1, 0.15) is 18.5 Å². The first-order chi connectivity index (χ1) is 8.88. The predicted octanol–water partition coefficient (Wildman–Crippen LogP) is -0.897. The zero-order valence-corrected chi connectivity index (χ0v) is 10.8. The molecule has 6 N–H and O–H groups in total. The second kappa shape index (κ2) is 6.69. The Labute approximate surface area is 112 Å². The van der Waals surface area contributed by atoms with Crippen molar-refractivity contribution in [2.24, 2.45) is 5.73 Å². The van der Waals surface area contributed by atoms with Crippen LogP contribution < -0.4 is 16.8 Å². The smallest absolute Gasteiger partial charge is 0.326 e. The van der Waals surface area contributed by atoms with Crippen molar-refractivity contribution < 1.29 is 19.5 Å². The SMILES string of the molecule is NC(=O)CC[C@@H](NC(=O)Cc1csc(N)n1)C(=O)O. The number of hydrogen-bond acceptors (Lipinski definition) is 6. The minimum Gasteiger partial charge on any atom is -0.480 e. The molecule has 0 aliphatic carbocycles. The van der Waals surface area contributed by atoms with E-state index in [1.54, 1.807) is 5.38 Å². The highest BCUT2D eigenvalue weighted by molar-refractivity contribution is 7.13. The lowest BCUT2D eigenvalue weighted by atomic mass is 10.1. The van der Waals surface area contributed by atoms with Crippen LogP contribution in [0.4, 0.5) is 5.13 Å². The van der Waals surface area contributed by atoms with Crippen LogP contribution in [0, 0.1) is 0 Å². The van der Waals surface area contributed by atoms with Crippen molar-refractivity contribution in [3.8, 4) is 0 Å². The Morgan fingerprint density at radius 2 is 2.16 bits per heavy atom. The van der Waals surface area contributed by atoms with Gasteiger partial charge in [0.05, 0.1) is 12.1 Å². The van der Waals surface area contributed by atoms with Crippen molar-refractivity contribution in [3.05, 3.63) is 11.1 Å². The normalized spacial score (nSPS) is 11.8. The van der Waals surface area contributed by atoms with Gasteiger partial charge >= 0.3 is 5.97 Å². The number of anilines is 1. The maximum Gasteiger partial charge on any atom is 0.326 e. The average molecular weight is 286 g/mol. The second-order valence-electron chi connectivity index (χ2n) is 3.82. The summed E-state index contributed by atoms with van der Waals surface area (Å²) in [6, 6.07) is -1.14. The molecule has 0 spiro atoms. The van der Waals surface area contributed by atoms with Gasteiger partial charge in [-0.1, -0.05) is 0 Å². The molecule has 1 rings (SSSR count). The van der Waals surface area contributed by atoms with Crippen molar-refractivity contribution in [2.45, 2.75) is 25.3 Å². The number of nitrogen functional groups attached to an aromatic ring is 1. The average Bonchev–Trinajstić information content (AvgIpc) is 2.69. The van der Waals surface area contributed by atoms with E-state index in [2.05, 4.69) is 10.3 Å². The standard InChI is InChI=1S/C10H14N4O4S/c11-7(15)2-1-6(9(17)18)14-8(16)3-5-4-19-10(12)13-5/h4,6H,1-3H2,(H2,11,15)(H2,12,13)(H,14,16)(H,17,18)/t6-/m1/s1. The first kappa shape index (κ1) is 14.9. The van der Waals surface area contributed by atoms with E-state index < -0.39 is 23.8 Å². The van der Waals surface area contributed by atoms with Gasteiger partial charge in [0.15, 0.2) is 5.13 Å². The molecule has 0 saturated carbocycles. The number of carbonyl (C=O) groups excluding carboxylic acids is 2. The zero-order valence-electron chi connectivity index (χ0n) is 9.96. The van der Waals surface area contributed by atoms with Gasteiger partial charge in [0.2, 0.25) is 11.8 Å². The van der Waals surface area contributed by atoms with Gasteiger partial charge in [0.25, 0.3) is 0 Å². The number of aromatic nitrogens is 1. The minimum atomic E-state index is -1.22. The first-order valence-electron chi connectivity index (χ1n) is 5.39. The third-order valence-electron chi connectivity index (χ3n) is 2.22. The van der Waals surface area contributed by atoms with Crippen molar-refractivity contribution in [2.75, 3.05) is 5.73 Å². The van der Waals surface area contributed by atoms with Crippen molar-refractivity contribution in [1.29, 1.82) is 0 Å². The van der Waals surface area contributed by atoms with Gasteiger partial charge in [-0.25, -0.2) is 9.78 Å². The molecule has 1 heterocycles. The largest absolute Gasteiger partial charge is 0.480 e. The Morgan fingerprint density at radius 1 is 1.47 bits per heavy atom. The molecule has 2 amide bonds. The molecule has 0 aromatic carbocycles. The van der Waals surface area contributed by atoms with E-state index in [1.165, 1.54) is 11.3 Å². The number of nitrogens with two attached hydrogens (primary N) is 2. The highest BCUT2D eigenvalue weighted by Crippen LogP contribution is 2.11. The fourth-order valence-corrected chi connectivity index (χ4v) is 1.92. The number of nitrogens with one attached hydrogen (secondary N) is 1. The molecule has 1 aromatic rings. The summed E-state index contributed by atoms with van der Waals surface area (Å²) in [6.45, 7) is 0. The lowest BCUT2D eigenvalue weighted by Crippen LogP contribution is -2.42. The van der Waals surface area contributed by atoms with Gasteiger partial charge in [-0.15, -0.1) is 11.3 Å². The van der Waals surface area contributed by atoms with Crippen molar-refractivity contribution in [1.82, 2.24) is 10.3 Å². The van der Waals surface area contributed by atoms with Gasteiger partial charge < -0.3 is 21.9 Å². The molecule has 1 atom stereocenters. The molecular formula is C10H14N4O4S. The van der Waals surface area contributed by atoms with Gasteiger partial charge in [0, 0.05) is 11.8 Å². The molecule has 0 aliphatic heterocycles. The number of carboxylic acid groups (broad SMARTS) is 1. The summed E-state index contributed by atoms with van der Waals surface area (Å²) in [5, 5.41) is 13.2. The molecule has 0 aliphatic rings. The van der Waals surface area contributed by atoms with Crippen LogP contribution >= 0.6 is 11.3 Å². The lowest BCUT2D eigenvalue weighted by molar-refractivity contribution is -0.142. The summed E-state index contributed by atoms with van der Waals surface area (Å²) in [5.74, 6) is -2.33. The Balaban J connectivity index is 2.51. The summed E-state index contributed by atoms with van der Waals surface area (Å²) < 4.78 is 0. The topological polar surface area (TPSA) is 148 Å². The van der Waals surface area contributed by atoms with Gasteiger partial charge in [-0.3, -0.25) is 9.59 Å². The Morgan fingerprint density at radius 3 is 2.63 bits per heavy atom. The highest BCUT2D eigenvalue weighted by Gasteiger charge is 2.20. The number of amides is 2. The van der Waals surface area contributed by atoms with Crippen LogP contribution in [-0.2, 0) is 20.8 Å². The molecule has 19 heavy (non-hydrogen) atoms. The first-order valence-corrected chi connectivity index (χ1v) is 6.26. The summed E-state index contributed by atoms with van der Waals surface area (Å²) >= 11 is 1.19. The molecule has 1 aromatic heterocycles. The second-order valence-corrected chi connectivity index (χ2v) is 4.71. The molecule has 104 valence electrons. The van der Waals surface area contributed by atoms with E-state index in [-0.39, 0.29) is 19.3 Å². The minimum absolute atomic E-state index is 0.0460. The maximum absolute atomic E-state index is 11.6. The Bertz CT molecular complexity index is 488. The molecule has 9 heteroatoms. The Hall–Kier alpha value is -2.16. The molecule has 0 saturated heterocycles. The Kier molecular flexibility index (Phi) is 5.24. The highest BCUT2D eigenvalue weighted by atomic mass is 32.1. The molecule has 0 unspecified atom stereocenters. The van der Waals surface area contributed by atoms with Crippen LogP contribution in [-0.4, -0.2) is 33.9 Å². The fourth-order valence-electron chi connectivity index (χ4n) is 1.36. The van der Waals surface area contributed by atoms with E-state index in [0.717, 1.165) is 0 Å².